The highest BCUT2D eigenvalue weighted by molar-refractivity contribution is 6.02. The van der Waals surface area contributed by atoms with Crippen molar-refractivity contribution in [2.45, 2.75) is 25.9 Å². The van der Waals surface area contributed by atoms with Gasteiger partial charge >= 0.3 is 11.9 Å². The first kappa shape index (κ1) is 35.2. The van der Waals surface area contributed by atoms with Gasteiger partial charge in [-0.2, -0.15) is 0 Å². The van der Waals surface area contributed by atoms with E-state index < -0.39 is 29.8 Å². The highest BCUT2D eigenvalue weighted by Gasteiger charge is 2.15. The number of ketones is 1. The van der Waals surface area contributed by atoms with E-state index >= 15 is 0 Å². The molecule has 0 amide bonds. The maximum absolute atomic E-state index is 12.2. The molecule has 0 spiro atoms. The van der Waals surface area contributed by atoms with Crippen molar-refractivity contribution < 1.29 is 38.4 Å². The SMILES string of the molecule is COc1cc(/C=C/C(=O)/C=C(O)/C=C/c2ccc(OC(=O)[C@H](C)N)c(OC)c2)ccc1OC(=O)[C@H](C)N.Cl.Cl. The molecule has 0 aliphatic carbocycles. The van der Waals surface area contributed by atoms with E-state index in [1.54, 1.807) is 30.3 Å². The molecule has 39 heavy (non-hydrogen) atoms. The summed E-state index contributed by atoms with van der Waals surface area (Å²) in [6.07, 6.45) is 6.70. The van der Waals surface area contributed by atoms with Crippen molar-refractivity contribution in [3.8, 4) is 23.0 Å². The van der Waals surface area contributed by atoms with Gasteiger partial charge in [0, 0.05) is 6.08 Å². The van der Waals surface area contributed by atoms with Crippen LogP contribution in [-0.2, 0) is 14.4 Å². The maximum atomic E-state index is 12.2. The van der Waals surface area contributed by atoms with E-state index in [1.807, 2.05) is 0 Å². The third-order valence-corrected chi connectivity index (χ3v) is 4.72. The summed E-state index contributed by atoms with van der Waals surface area (Å²) in [6.45, 7) is 3.01. The summed E-state index contributed by atoms with van der Waals surface area (Å²) >= 11 is 0. The third-order valence-electron chi connectivity index (χ3n) is 4.72. The van der Waals surface area contributed by atoms with Gasteiger partial charge in [-0.3, -0.25) is 4.79 Å². The van der Waals surface area contributed by atoms with Crippen LogP contribution in [0.4, 0.5) is 0 Å². The normalized spacial score (nSPS) is 12.6. The molecule has 0 radical (unpaired) electrons. The Balaban J connectivity index is 0.00000722. The lowest BCUT2D eigenvalue weighted by atomic mass is 10.1. The Morgan fingerprint density at radius 2 is 1.15 bits per heavy atom. The monoisotopic (exact) mass is 582 g/mol. The summed E-state index contributed by atoms with van der Waals surface area (Å²) < 4.78 is 20.8. The van der Waals surface area contributed by atoms with Crippen LogP contribution in [0.1, 0.15) is 25.0 Å². The molecule has 0 bridgehead atoms. The van der Waals surface area contributed by atoms with Crippen LogP contribution in [0.3, 0.4) is 0 Å². The highest BCUT2D eigenvalue weighted by atomic mass is 35.5. The second kappa shape index (κ2) is 16.9. The van der Waals surface area contributed by atoms with Gasteiger partial charge in [0.1, 0.15) is 17.8 Å². The topological polar surface area (TPSA) is 160 Å². The molecule has 10 nitrogen and oxygen atoms in total. The minimum absolute atomic E-state index is 0. The first-order chi connectivity index (χ1) is 17.5. The molecule has 2 atom stereocenters. The zero-order chi connectivity index (χ0) is 27.5. The lowest BCUT2D eigenvalue weighted by molar-refractivity contribution is -0.136. The van der Waals surface area contributed by atoms with Crippen molar-refractivity contribution in [1.82, 2.24) is 0 Å². The van der Waals surface area contributed by atoms with E-state index in [4.69, 9.17) is 30.4 Å². The molecule has 212 valence electrons. The van der Waals surface area contributed by atoms with Crippen LogP contribution >= 0.6 is 24.8 Å². The number of aliphatic hydroxyl groups is 1. The number of allylic oxidation sites excluding steroid dienone is 3. The van der Waals surface area contributed by atoms with Crippen LogP contribution in [0.15, 0.2) is 60.4 Å². The van der Waals surface area contributed by atoms with Crippen LogP contribution in [0.25, 0.3) is 12.2 Å². The molecule has 2 rings (SSSR count). The summed E-state index contributed by atoms with van der Waals surface area (Å²) in [6, 6.07) is 7.92. The van der Waals surface area contributed by atoms with Gasteiger partial charge < -0.3 is 35.5 Å². The average Bonchev–Trinajstić information content (AvgIpc) is 2.87. The van der Waals surface area contributed by atoms with Gasteiger partial charge in [-0.05, 0) is 61.4 Å². The Kier molecular flexibility index (Phi) is 15.2. The minimum Gasteiger partial charge on any atom is -0.508 e. The van der Waals surface area contributed by atoms with Crippen LogP contribution in [0.2, 0.25) is 0 Å². The number of esters is 2. The Labute approximate surface area is 239 Å². The number of nitrogens with two attached hydrogens (primary N) is 2. The number of methoxy groups -OCH3 is 2. The number of aliphatic hydroxyl groups excluding tert-OH is 1. The Morgan fingerprint density at radius 1 is 0.744 bits per heavy atom. The summed E-state index contributed by atoms with van der Waals surface area (Å²) in [5.74, 6) is -0.962. The van der Waals surface area contributed by atoms with E-state index in [2.05, 4.69) is 0 Å². The van der Waals surface area contributed by atoms with Crippen molar-refractivity contribution in [1.29, 1.82) is 0 Å². The minimum atomic E-state index is -0.790. The largest absolute Gasteiger partial charge is 0.508 e. The standard InChI is InChI=1S/C27H30N2O8.2ClH/c1-16(28)26(32)36-22-11-7-18(13-24(22)34-3)5-9-20(30)15-21(31)10-6-19-8-12-23(25(14-19)35-4)37-27(33)17(2)29;;/h5-17,30H,28-29H2,1-4H3;2*1H/b9-5+,10-6+,20-15-;;/t16-,17-;;/m0../s1. The quantitative estimate of drug-likeness (QED) is 0.117. The van der Waals surface area contributed by atoms with Gasteiger partial charge in [-0.25, -0.2) is 9.59 Å². The molecule has 0 heterocycles. The van der Waals surface area contributed by atoms with Gasteiger partial charge in [-0.1, -0.05) is 24.3 Å². The Bertz CT molecular complexity index is 1240. The molecule has 2 aromatic carbocycles. The summed E-state index contributed by atoms with van der Waals surface area (Å²) in [7, 11) is 2.84. The zero-order valence-corrected chi connectivity index (χ0v) is 23.4. The van der Waals surface area contributed by atoms with Crippen molar-refractivity contribution in [2.75, 3.05) is 14.2 Å². The van der Waals surface area contributed by atoms with Gasteiger partial charge in [0.05, 0.1) is 14.2 Å². The van der Waals surface area contributed by atoms with Crippen molar-refractivity contribution >= 4 is 54.7 Å². The van der Waals surface area contributed by atoms with E-state index in [1.165, 1.54) is 58.4 Å². The van der Waals surface area contributed by atoms with Gasteiger partial charge in [-0.15, -0.1) is 24.8 Å². The van der Waals surface area contributed by atoms with Crippen molar-refractivity contribution in [3.63, 3.8) is 0 Å². The molecule has 0 unspecified atom stereocenters. The van der Waals surface area contributed by atoms with Gasteiger partial charge in [0.25, 0.3) is 0 Å². The molecule has 5 N–H and O–H groups in total. The van der Waals surface area contributed by atoms with E-state index in [-0.39, 0.29) is 42.1 Å². The fourth-order valence-electron chi connectivity index (χ4n) is 2.75. The lowest BCUT2D eigenvalue weighted by Crippen LogP contribution is -2.30. The molecule has 0 fully saturated rings. The first-order valence-electron chi connectivity index (χ1n) is 11.2. The number of carbonyl (C=O) groups is 3. The number of rotatable bonds is 11. The second-order valence-corrected chi connectivity index (χ2v) is 7.88. The zero-order valence-electron chi connectivity index (χ0n) is 21.8. The van der Waals surface area contributed by atoms with E-state index in [9.17, 15) is 19.5 Å². The predicted molar refractivity (Wildman–Crippen MR) is 153 cm³/mol. The molecule has 0 saturated carbocycles. The van der Waals surface area contributed by atoms with Crippen LogP contribution in [0, 0.1) is 0 Å². The van der Waals surface area contributed by atoms with E-state index in [0.29, 0.717) is 22.6 Å². The van der Waals surface area contributed by atoms with Crippen molar-refractivity contribution in [3.05, 3.63) is 71.5 Å². The van der Waals surface area contributed by atoms with E-state index in [0.717, 1.165) is 6.08 Å². The van der Waals surface area contributed by atoms with Crippen LogP contribution in [-0.4, -0.2) is 49.1 Å². The number of hydrogen-bond donors (Lipinski definition) is 3. The highest BCUT2D eigenvalue weighted by Crippen LogP contribution is 2.30. The third kappa shape index (κ3) is 11.2. The number of ether oxygens (including phenoxy) is 4. The molecular formula is C27H32Cl2N2O8. The predicted octanol–water partition coefficient (Wildman–Crippen LogP) is 3.79. The summed E-state index contributed by atoms with van der Waals surface area (Å²) in [5.41, 5.74) is 12.2. The molecule has 12 heteroatoms. The number of benzene rings is 2. The Morgan fingerprint density at radius 3 is 1.54 bits per heavy atom. The fourth-order valence-corrected chi connectivity index (χ4v) is 2.75. The fraction of sp³-hybridized carbons (Fsp3) is 0.222. The smallest absolute Gasteiger partial charge is 0.328 e. The molecule has 0 saturated heterocycles. The Hall–Kier alpha value is -3.83. The summed E-state index contributed by atoms with van der Waals surface area (Å²) in [4.78, 5) is 35.7. The van der Waals surface area contributed by atoms with Crippen LogP contribution in [0.5, 0.6) is 23.0 Å². The maximum Gasteiger partial charge on any atom is 0.328 e. The van der Waals surface area contributed by atoms with Crippen LogP contribution < -0.4 is 30.4 Å². The molecule has 0 aliphatic rings. The second-order valence-electron chi connectivity index (χ2n) is 7.88. The van der Waals surface area contributed by atoms with Gasteiger partial charge in [0.2, 0.25) is 0 Å². The number of halogens is 2. The molecule has 0 aliphatic heterocycles. The van der Waals surface area contributed by atoms with Gasteiger partial charge in [0.15, 0.2) is 28.8 Å². The first-order valence-corrected chi connectivity index (χ1v) is 11.2. The molecule has 2 aromatic rings. The number of carbonyl (C=O) groups excluding carboxylic acids is 3. The lowest BCUT2D eigenvalue weighted by Gasteiger charge is -2.11. The molecular weight excluding hydrogens is 551 g/mol. The molecule has 0 aromatic heterocycles. The van der Waals surface area contributed by atoms with Crippen molar-refractivity contribution in [2.24, 2.45) is 11.5 Å². The average molecular weight is 583 g/mol. The summed E-state index contributed by atoms with van der Waals surface area (Å²) in [5, 5.41) is 10.1. The number of hydrogen-bond acceptors (Lipinski definition) is 10.